The molecular formula is C19H25N3O4S. The maximum Gasteiger partial charge on any atom is 0.253 e. The molecule has 2 amide bonds. The van der Waals surface area contributed by atoms with Gasteiger partial charge in [-0.25, -0.2) is 12.7 Å². The smallest absolute Gasteiger partial charge is 0.253 e. The molecule has 8 heteroatoms. The Kier molecular flexibility index (Phi) is 4.31. The van der Waals surface area contributed by atoms with Crippen LogP contribution in [0.2, 0.25) is 0 Å². The van der Waals surface area contributed by atoms with E-state index in [1.165, 1.54) is 10.6 Å². The molecule has 1 aromatic rings. The van der Waals surface area contributed by atoms with Gasteiger partial charge < -0.3 is 10.2 Å². The lowest BCUT2D eigenvalue weighted by Crippen LogP contribution is -2.53. The van der Waals surface area contributed by atoms with Crippen molar-refractivity contribution < 1.29 is 18.0 Å². The monoisotopic (exact) mass is 391 g/mol. The number of benzene rings is 1. The minimum Gasteiger partial charge on any atom is -0.356 e. The topological polar surface area (TPSA) is 86.8 Å². The van der Waals surface area contributed by atoms with Crippen LogP contribution >= 0.6 is 0 Å². The van der Waals surface area contributed by atoms with Crippen molar-refractivity contribution in [1.82, 2.24) is 14.5 Å². The van der Waals surface area contributed by atoms with E-state index in [0.29, 0.717) is 51.0 Å². The number of fused-ring (bicyclic) bond motifs is 1. The second kappa shape index (κ2) is 6.31. The largest absolute Gasteiger partial charge is 0.356 e. The minimum absolute atomic E-state index is 0.00617. The molecule has 0 bridgehead atoms. The summed E-state index contributed by atoms with van der Waals surface area (Å²) in [5.41, 5.74) is -0.409. The molecule has 1 aromatic carbocycles. The Labute approximate surface area is 159 Å². The fourth-order valence-electron chi connectivity index (χ4n) is 5.11. The summed E-state index contributed by atoms with van der Waals surface area (Å²) in [6.07, 6.45) is 3.15. The Hall–Kier alpha value is -1.93. The molecule has 2 spiro atoms. The number of sulfonamides is 1. The Morgan fingerprint density at radius 3 is 2.30 bits per heavy atom. The van der Waals surface area contributed by atoms with E-state index >= 15 is 0 Å². The first kappa shape index (κ1) is 18.4. The van der Waals surface area contributed by atoms with E-state index in [1.807, 2.05) is 23.1 Å². The van der Waals surface area contributed by atoms with Crippen LogP contribution < -0.4 is 5.32 Å². The highest BCUT2D eigenvalue weighted by atomic mass is 32.2. The normalized spacial score (nSPS) is 28.0. The van der Waals surface area contributed by atoms with Gasteiger partial charge in [0.1, 0.15) is 0 Å². The van der Waals surface area contributed by atoms with Crippen LogP contribution in [0.1, 0.15) is 29.6 Å². The van der Waals surface area contributed by atoms with Crippen LogP contribution in [0.5, 0.6) is 0 Å². The third kappa shape index (κ3) is 2.86. The van der Waals surface area contributed by atoms with Crippen LogP contribution in [-0.2, 0) is 14.8 Å². The van der Waals surface area contributed by atoms with E-state index in [9.17, 15) is 18.0 Å². The van der Waals surface area contributed by atoms with E-state index < -0.39 is 20.9 Å². The highest BCUT2D eigenvalue weighted by Gasteiger charge is 2.65. The zero-order valence-electron chi connectivity index (χ0n) is 15.5. The van der Waals surface area contributed by atoms with E-state index in [0.717, 1.165) is 0 Å². The van der Waals surface area contributed by atoms with Crippen molar-refractivity contribution in [1.29, 1.82) is 0 Å². The summed E-state index contributed by atoms with van der Waals surface area (Å²) in [6, 6.07) is 9.18. The van der Waals surface area contributed by atoms with E-state index in [2.05, 4.69) is 5.32 Å². The van der Waals surface area contributed by atoms with Crippen molar-refractivity contribution in [2.24, 2.45) is 10.8 Å². The number of hydrogen-bond acceptors (Lipinski definition) is 4. The number of nitrogens with one attached hydrogen (secondary N) is 1. The van der Waals surface area contributed by atoms with Crippen LogP contribution in [0.15, 0.2) is 30.3 Å². The van der Waals surface area contributed by atoms with Gasteiger partial charge >= 0.3 is 0 Å². The maximum absolute atomic E-state index is 12.8. The van der Waals surface area contributed by atoms with Gasteiger partial charge in [0.2, 0.25) is 15.9 Å². The van der Waals surface area contributed by atoms with Crippen molar-refractivity contribution >= 4 is 21.8 Å². The number of piperidine rings is 1. The zero-order chi connectivity index (χ0) is 19.3. The number of carbonyl (C=O) groups excluding carboxylic acids is 2. The van der Waals surface area contributed by atoms with Crippen LogP contribution in [0.25, 0.3) is 0 Å². The molecule has 3 saturated heterocycles. The number of amides is 2. The van der Waals surface area contributed by atoms with E-state index in [4.69, 9.17) is 0 Å². The highest BCUT2D eigenvalue weighted by molar-refractivity contribution is 7.88. The second-order valence-electron chi connectivity index (χ2n) is 8.06. The van der Waals surface area contributed by atoms with Crippen molar-refractivity contribution in [3.63, 3.8) is 0 Å². The van der Waals surface area contributed by atoms with Gasteiger partial charge in [-0.05, 0) is 31.4 Å². The number of nitrogens with zero attached hydrogens (tertiary/aromatic N) is 2. The lowest BCUT2D eigenvalue weighted by Gasteiger charge is -2.46. The quantitative estimate of drug-likeness (QED) is 0.804. The fourth-order valence-corrected chi connectivity index (χ4v) is 6.05. The zero-order valence-corrected chi connectivity index (χ0v) is 16.3. The summed E-state index contributed by atoms with van der Waals surface area (Å²) >= 11 is 0. The van der Waals surface area contributed by atoms with E-state index in [1.54, 1.807) is 12.1 Å². The predicted octanol–water partition coefficient (Wildman–Crippen LogP) is 0.690. The summed E-state index contributed by atoms with van der Waals surface area (Å²) in [5.74, 6) is -0.0372. The molecule has 7 nitrogen and oxygen atoms in total. The summed E-state index contributed by atoms with van der Waals surface area (Å²) in [4.78, 5) is 27.3. The number of rotatable bonds is 2. The van der Waals surface area contributed by atoms with E-state index in [-0.39, 0.29) is 18.4 Å². The summed E-state index contributed by atoms with van der Waals surface area (Å²) in [7, 11) is -3.36. The lowest BCUT2D eigenvalue weighted by atomic mass is 9.60. The van der Waals surface area contributed by atoms with Gasteiger partial charge in [-0.15, -0.1) is 0 Å². The highest BCUT2D eigenvalue weighted by Crippen LogP contribution is 2.56. The standard InChI is InChI=1S/C19H25N3O4S/c1-27(25,26)22-13-18(19(14-22)7-10-20-17(19)24)8-11-21(12-9-18)16(23)15-5-3-2-4-6-15/h2-6H,7-14H2,1H3,(H,20,24). The molecular weight excluding hydrogens is 366 g/mol. The summed E-state index contributed by atoms with van der Waals surface area (Å²) < 4.78 is 25.9. The van der Waals surface area contributed by atoms with Crippen molar-refractivity contribution in [3.8, 4) is 0 Å². The first-order valence-electron chi connectivity index (χ1n) is 9.35. The first-order valence-corrected chi connectivity index (χ1v) is 11.2. The average molecular weight is 391 g/mol. The van der Waals surface area contributed by atoms with Gasteiger partial charge in [0, 0.05) is 43.7 Å². The molecule has 146 valence electrons. The second-order valence-corrected chi connectivity index (χ2v) is 10.0. The fraction of sp³-hybridized carbons (Fsp3) is 0.579. The van der Waals surface area contributed by atoms with Gasteiger partial charge in [0.25, 0.3) is 5.91 Å². The Balaban J connectivity index is 1.58. The van der Waals surface area contributed by atoms with Gasteiger partial charge in [-0.2, -0.15) is 0 Å². The first-order chi connectivity index (χ1) is 12.8. The molecule has 3 fully saturated rings. The van der Waals surface area contributed by atoms with Gasteiger partial charge in [0.15, 0.2) is 0 Å². The molecule has 0 saturated carbocycles. The predicted molar refractivity (Wildman–Crippen MR) is 100 cm³/mol. The van der Waals surface area contributed by atoms with Crippen molar-refractivity contribution in [3.05, 3.63) is 35.9 Å². The third-order valence-electron chi connectivity index (χ3n) is 6.71. The van der Waals surface area contributed by atoms with Crippen LogP contribution in [0.4, 0.5) is 0 Å². The molecule has 3 aliphatic heterocycles. The Morgan fingerprint density at radius 2 is 1.74 bits per heavy atom. The Morgan fingerprint density at radius 1 is 1.07 bits per heavy atom. The molecule has 3 aliphatic rings. The summed E-state index contributed by atoms with van der Waals surface area (Å²) in [6.45, 7) is 2.29. The molecule has 4 rings (SSSR count). The Bertz CT molecular complexity index is 862. The molecule has 1 N–H and O–H groups in total. The molecule has 3 heterocycles. The van der Waals surface area contributed by atoms with Gasteiger partial charge in [0.05, 0.1) is 11.7 Å². The average Bonchev–Trinajstić information content (AvgIpc) is 3.18. The van der Waals surface area contributed by atoms with Crippen molar-refractivity contribution in [2.75, 3.05) is 39.0 Å². The molecule has 0 aliphatic carbocycles. The molecule has 0 radical (unpaired) electrons. The van der Waals surface area contributed by atoms with Crippen LogP contribution in [-0.4, -0.2) is 68.4 Å². The number of hydrogen-bond donors (Lipinski definition) is 1. The molecule has 1 unspecified atom stereocenters. The SMILES string of the molecule is CS(=O)(=O)N1CC2(CCN(C(=O)c3ccccc3)CC2)C2(CCNC2=O)C1. The van der Waals surface area contributed by atoms with Crippen LogP contribution in [0.3, 0.4) is 0 Å². The van der Waals surface area contributed by atoms with Gasteiger partial charge in [-0.3, -0.25) is 9.59 Å². The minimum atomic E-state index is -3.36. The van der Waals surface area contributed by atoms with Crippen molar-refractivity contribution in [2.45, 2.75) is 19.3 Å². The maximum atomic E-state index is 12.8. The molecule has 1 atom stereocenters. The number of carbonyl (C=O) groups is 2. The molecule has 0 aromatic heterocycles. The molecule has 27 heavy (non-hydrogen) atoms. The lowest BCUT2D eigenvalue weighted by molar-refractivity contribution is -0.133. The van der Waals surface area contributed by atoms with Crippen LogP contribution in [0, 0.1) is 10.8 Å². The van der Waals surface area contributed by atoms with Gasteiger partial charge in [-0.1, -0.05) is 18.2 Å². The number of likely N-dealkylation sites (tertiary alicyclic amines) is 1. The third-order valence-corrected chi connectivity index (χ3v) is 7.91. The summed E-state index contributed by atoms with van der Waals surface area (Å²) in [5, 5.41) is 2.91.